The summed E-state index contributed by atoms with van der Waals surface area (Å²) in [6.07, 6.45) is 1.68. The van der Waals surface area contributed by atoms with Crippen molar-refractivity contribution >= 4 is 10.9 Å². The van der Waals surface area contributed by atoms with E-state index < -0.39 is 0 Å². The van der Waals surface area contributed by atoms with Crippen LogP contribution in [-0.2, 0) is 6.54 Å². The zero-order chi connectivity index (χ0) is 14.1. The number of allylic oxidation sites excluding steroid dienone is 1. The summed E-state index contributed by atoms with van der Waals surface area (Å²) in [7, 11) is 0. The van der Waals surface area contributed by atoms with Crippen molar-refractivity contribution in [2.75, 3.05) is 0 Å². The second-order valence-corrected chi connectivity index (χ2v) is 4.50. The molecule has 0 fully saturated rings. The van der Waals surface area contributed by atoms with Crippen LogP contribution in [0.1, 0.15) is 0 Å². The third-order valence-electron chi connectivity index (χ3n) is 3.16. The molecule has 100 valence electrons. The Kier molecular flexibility index (Phi) is 2.99. The van der Waals surface area contributed by atoms with E-state index in [0.717, 1.165) is 10.9 Å². The number of phenolic OH excluding ortho intramolecular Hbond substituents is 1. The number of halogens is 1. The molecule has 0 saturated carbocycles. The van der Waals surface area contributed by atoms with Crippen molar-refractivity contribution in [2.45, 2.75) is 6.54 Å². The Morgan fingerprint density at radius 1 is 1.20 bits per heavy atom. The van der Waals surface area contributed by atoms with Crippen molar-refractivity contribution in [2.24, 2.45) is 0 Å². The van der Waals surface area contributed by atoms with E-state index in [-0.39, 0.29) is 11.6 Å². The maximum Gasteiger partial charge on any atom is 0.149 e. The third-order valence-corrected chi connectivity index (χ3v) is 3.16. The van der Waals surface area contributed by atoms with Crippen LogP contribution in [0.2, 0.25) is 0 Å². The predicted molar refractivity (Wildman–Crippen MR) is 77.0 cm³/mol. The summed E-state index contributed by atoms with van der Waals surface area (Å²) < 4.78 is 15.6. The van der Waals surface area contributed by atoms with Crippen molar-refractivity contribution in [1.82, 2.24) is 9.78 Å². The normalized spacial score (nSPS) is 10.8. The van der Waals surface area contributed by atoms with E-state index in [1.165, 1.54) is 6.07 Å². The van der Waals surface area contributed by atoms with E-state index in [0.29, 0.717) is 17.8 Å². The first-order chi connectivity index (χ1) is 9.70. The number of nitrogens with zero attached hydrogens (tertiary/aromatic N) is 2. The number of rotatable bonds is 3. The first-order valence-corrected chi connectivity index (χ1v) is 6.26. The Morgan fingerprint density at radius 3 is 2.65 bits per heavy atom. The molecule has 3 nitrogen and oxygen atoms in total. The standard InChI is InChI=1S/C16H13FN2O/c1-2-10-19-16-13(4-3-5-14(16)17)15(18-19)11-6-8-12(20)9-7-11/h2-9,20H,1,10H2. The summed E-state index contributed by atoms with van der Waals surface area (Å²) in [5.41, 5.74) is 2.00. The van der Waals surface area contributed by atoms with Gasteiger partial charge in [0.1, 0.15) is 22.8 Å². The molecule has 1 aromatic heterocycles. The van der Waals surface area contributed by atoms with Gasteiger partial charge in [-0.2, -0.15) is 5.10 Å². The van der Waals surface area contributed by atoms with E-state index in [9.17, 15) is 9.50 Å². The molecule has 0 spiro atoms. The Labute approximate surface area is 115 Å². The van der Waals surface area contributed by atoms with Gasteiger partial charge in [-0.1, -0.05) is 18.2 Å². The van der Waals surface area contributed by atoms with Gasteiger partial charge in [-0.3, -0.25) is 4.68 Å². The van der Waals surface area contributed by atoms with Gasteiger partial charge in [0.05, 0.1) is 6.54 Å². The number of benzene rings is 2. The van der Waals surface area contributed by atoms with Gasteiger partial charge in [0.25, 0.3) is 0 Å². The van der Waals surface area contributed by atoms with Gasteiger partial charge < -0.3 is 5.11 Å². The topological polar surface area (TPSA) is 38.0 Å². The molecule has 3 aromatic rings. The number of fused-ring (bicyclic) bond motifs is 1. The second kappa shape index (κ2) is 4.81. The Bertz CT molecular complexity index is 775. The molecule has 0 aliphatic heterocycles. The Hall–Kier alpha value is -2.62. The van der Waals surface area contributed by atoms with Crippen LogP contribution in [-0.4, -0.2) is 14.9 Å². The van der Waals surface area contributed by atoms with Gasteiger partial charge in [0.15, 0.2) is 0 Å². The number of hydrogen-bond acceptors (Lipinski definition) is 2. The minimum atomic E-state index is -0.304. The highest BCUT2D eigenvalue weighted by molar-refractivity contribution is 5.93. The summed E-state index contributed by atoms with van der Waals surface area (Å²) >= 11 is 0. The zero-order valence-electron chi connectivity index (χ0n) is 10.8. The van der Waals surface area contributed by atoms with Crippen molar-refractivity contribution in [3.05, 3.63) is 60.9 Å². The predicted octanol–water partition coefficient (Wildman–Crippen LogP) is 3.73. The molecule has 0 saturated heterocycles. The largest absolute Gasteiger partial charge is 0.508 e. The molecule has 0 radical (unpaired) electrons. The van der Waals surface area contributed by atoms with Crippen molar-refractivity contribution < 1.29 is 9.50 Å². The third kappa shape index (κ3) is 1.95. The van der Waals surface area contributed by atoms with E-state index >= 15 is 0 Å². The maximum atomic E-state index is 14.0. The first-order valence-electron chi connectivity index (χ1n) is 6.26. The van der Waals surface area contributed by atoms with E-state index in [4.69, 9.17) is 0 Å². The summed E-state index contributed by atoms with van der Waals surface area (Å²) in [4.78, 5) is 0. The van der Waals surface area contributed by atoms with Crippen molar-refractivity contribution in [3.63, 3.8) is 0 Å². The number of phenols is 1. The van der Waals surface area contributed by atoms with Gasteiger partial charge in [-0.25, -0.2) is 4.39 Å². The van der Waals surface area contributed by atoms with Gasteiger partial charge in [-0.15, -0.1) is 6.58 Å². The van der Waals surface area contributed by atoms with Crippen LogP contribution in [0.4, 0.5) is 4.39 Å². The van der Waals surface area contributed by atoms with Crippen molar-refractivity contribution in [1.29, 1.82) is 0 Å². The lowest BCUT2D eigenvalue weighted by Crippen LogP contribution is -1.98. The van der Waals surface area contributed by atoms with Gasteiger partial charge in [0.2, 0.25) is 0 Å². The summed E-state index contributed by atoms with van der Waals surface area (Å²) in [5.74, 6) is -0.114. The molecule has 1 N–H and O–H groups in total. The highest BCUT2D eigenvalue weighted by atomic mass is 19.1. The molecule has 20 heavy (non-hydrogen) atoms. The second-order valence-electron chi connectivity index (χ2n) is 4.50. The molecule has 0 unspecified atom stereocenters. The van der Waals surface area contributed by atoms with E-state index in [1.54, 1.807) is 41.1 Å². The molecule has 2 aromatic carbocycles. The minimum absolute atomic E-state index is 0.190. The minimum Gasteiger partial charge on any atom is -0.508 e. The lowest BCUT2D eigenvalue weighted by atomic mass is 10.1. The average Bonchev–Trinajstić information content (AvgIpc) is 2.80. The van der Waals surface area contributed by atoms with Crippen LogP contribution < -0.4 is 0 Å². The summed E-state index contributed by atoms with van der Waals surface area (Å²) in [6, 6.07) is 11.6. The van der Waals surface area contributed by atoms with Crippen LogP contribution in [0.5, 0.6) is 5.75 Å². The molecular formula is C16H13FN2O. The summed E-state index contributed by atoms with van der Waals surface area (Å²) in [5, 5.41) is 14.6. The van der Waals surface area contributed by atoms with Crippen LogP contribution in [0.15, 0.2) is 55.1 Å². The highest BCUT2D eigenvalue weighted by Crippen LogP contribution is 2.30. The number of aromatic hydroxyl groups is 1. The Balaban J connectivity index is 2.28. The van der Waals surface area contributed by atoms with Gasteiger partial charge in [0, 0.05) is 10.9 Å². The number of para-hydroxylation sites is 1. The molecule has 1 heterocycles. The van der Waals surface area contributed by atoms with Crippen LogP contribution in [0.3, 0.4) is 0 Å². The SMILES string of the molecule is C=CCn1nc(-c2ccc(O)cc2)c2cccc(F)c21. The Morgan fingerprint density at radius 2 is 1.95 bits per heavy atom. The molecule has 0 aliphatic carbocycles. The number of aromatic nitrogens is 2. The van der Waals surface area contributed by atoms with E-state index in [1.807, 2.05) is 6.07 Å². The lowest BCUT2D eigenvalue weighted by Gasteiger charge is -1.98. The molecule has 0 aliphatic rings. The fourth-order valence-corrected chi connectivity index (χ4v) is 2.28. The fraction of sp³-hybridized carbons (Fsp3) is 0.0625. The van der Waals surface area contributed by atoms with Crippen LogP contribution in [0, 0.1) is 5.82 Å². The quantitative estimate of drug-likeness (QED) is 0.735. The molecule has 0 amide bonds. The lowest BCUT2D eigenvalue weighted by molar-refractivity contribution is 0.475. The molecule has 0 bridgehead atoms. The van der Waals surface area contributed by atoms with Crippen LogP contribution in [0.25, 0.3) is 22.2 Å². The molecule has 3 rings (SSSR count). The molecular weight excluding hydrogens is 255 g/mol. The smallest absolute Gasteiger partial charge is 0.149 e. The van der Waals surface area contributed by atoms with Gasteiger partial charge in [-0.05, 0) is 30.3 Å². The average molecular weight is 268 g/mol. The molecule has 4 heteroatoms. The fourth-order valence-electron chi connectivity index (χ4n) is 2.28. The summed E-state index contributed by atoms with van der Waals surface area (Å²) in [6.45, 7) is 4.11. The number of hydrogen-bond donors (Lipinski definition) is 1. The monoisotopic (exact) mass is 268 g/mol. The highest BCUT2D eigenvalue weighted by Gasteiger charge is 2.14. The zero-order valence-corrected chi connectivity index (χ0v) is 10.8. The van der Waals surface area contributed by atoms with Crippen LogP contribution >= 0.6 is 0 Å². The maximum absolute atomic E-state index is 14.0. The first kappa shape index (κ1) is 12.4. The van der Waals surface area contributed by atoms with Gasteiger partial charge >= 0.3 is 0 Å². The van der Waals surface area contributed by atoms with E-state index in [2.05, 4.69) is 11.7 Å². The van der Waals surface area contributed by atoms with Crippen molar-refractivity contribution in [3.8, 4) is 17.0 Å². The molecule has 0 atom stereocenters.